The van der Waals surface area contributed by atoms with Crippen LogP contribution in [0.25, 0.3) is 0 Å². The maximum Gasteiger partial charge on any atom is 0.477 e. The van der Waals surface area contributed by atoms with Gasteiger partial charge >= 0.3 is 21.9 Å². The zero-order valence-corrected chi connectivity index (χ0v) is 31.4. The minimum absolute atomic E-state index is 0.0772. The van der Waals surface area contributed by atoms with Crippen LogP contribution in [-0.2, 0) is 34.4 Å². The Labute approximate surface area is 303 Å². The van der Waals surface area contributed by atoms with E-state index in [0.717, 1.165) is 31.2 Å². The maximum atomic E-state index is 14.5. The average Bonchev–Trinajstić information content (AvgIpc) is 3.96. The molecule has 2 saturated carbocycles. The first-order valence-corrected chi connectivity index (χ1v) is 21.4. The minimum atomic E-state index is -5.24. The molecule has 1 aromatic carbocycles. The normalized spacial score (nSPS) is 25.3. The minimum Gasteiger partial charge on any atom is -0.505 e. The van der Waals surface area contributed by atoms with Gasteiger partial charge in [-0.25, -0.2) is 4.98 Å². The van der Waals surface area contributed by atoms with Gasteiger partial charge in [-0.05, 0) is 62.2 Å². The molecule has 1 amide bonds. The molecule has 284 valence electrons. The van der Waals surface area contributed by atoms with Gasteiger partial charge in [0.2, 0.25) is 0 Å². The van der Waals surface area contributed by atoms with Crippen molar-refractivity contribution in [2.45, 2.75) is 107 Å². The van der Waals surface area contributed by atoms with Crippen LogP contribution in [-0.4, -0.2) is 100 Å². The van der Waals surface area contributed by atoms with E-state index in [4.69, 9.17) is 9.31 Å². The van der Waals surface area contributed by atoms with E-state index in [9.17, 15) is 43.1 Å². The summed E-state index contributed by atoms with van der Waals surface area (Å²) in [6, 6.07) is 8.58. The van der Waals surface area contributed by atoms with Gasteiger partial charge in [0.05, 0.1) is 36.5 Å². The van der Waals surface area contributed by atoms with Crippen LogP contribution in [0.3, 0.4) is 0 Å². The SMILES string of the molecule is CC(C)CC(CC(=O)[C@H](Cc1ccccc1)NC(=O)c1cnccn1)[B-]12OC3(CC3)C[N+]1(CCCC(=O)CC(P(=O)(O)O)P(=O)(O)O)CC1(CC1)O2. The Bertz CT molecular complexity index is 1700. The van der Waals surface area contributed by atoms with E-state index in [0.29, 0.717) is 30.4 Å². The van der Waals surface area contributed by atoms with Gasteiger partial charge in [-0.2, -0.15) is 0 Å². The van der Waals surface area contributed by atoms with E-state index in [1.807, 2.05) is 30.3 Å². The largest absolute Gasteiger partial charge is 0.505 e. The third kappa shape index (κ3) is 8.51. The highest BCUT2D eigenvalue weighted by Crippen LogP contribution is 2.65. The van der Waals surface area contributed by atoms with Crippen molar-refractivity contribution in [2.75, 3.05) is 19.6 Å². The summed E-state index contributed by atoms with van der Waals surface area (Å²) in [7, 11) is -10.5. The number of carbonyl (C=O) groups is 3. The lowest BCUT2D eigenvalue weighted by Crippen LogP contribution is -2.66. The molecule has 1 unspecified atom stereocenters. The zero-order valence-electron chi connectivity index (χ0n) is 29.6. The summed E-state index contributed by atoms with van der Waals surface area (Å²) in [5, 5.41) is 0.541. The molecule has 2 aliphatic heterocycles. The summed E-state index contributed by atoms with van der Waals surface area (Å²) in [4.78, 5) is 87.2. The standard InChI is InChI=1S/C34H49BN4O11P2/c1-24(2)17-26(19-30(41)28(18-25-7-4-3-5-8-25)38-32(42)29-21-36-14-15-37-29)35-39(22-33(49-35)10-11-33,23-34(50-35)12-13-34)16-6-9-27(40)20-31(51(43,44)45)52(46,47)48/h3-5,7-8,14-15,21,24,26,28,31H,6,9-13,16-20,22-23H2,1-2H3,(H,38,42)(H2,43,44,45)(H2,46,47,48)/t26?,28-,35?,39?/m0/s1. The van der Waals surface area contributed by atoms with Crippen LogP contribution in [0, 0.1) is 5.92 Å². The Morgan fingerprint density at radius 3 is 2.08 bits per heavy atom. The molecule has 5 N–H and O–H groups in total. The highest BCUT2D eigenvalue weighted by molar-refractivity contribution is 7.70. The van der Waals surface area contributed by atoms with Crippen molar-refractivity contribution in [2.24, 2.45) is 5.92 Å². The second kappa shape index (κ2) is 14.5. The third-order valence-corrected chi connectivity index (χ3v) is 15.0. The smallest absolute Gasteiger partial charge is 0.477 e. The molecule has 4 fully saturated rings. The van der Waals surface area contributed by atoms with Gasteiger partial charge in [0.25, 0.3) is 5.91 Å². The molecule has 15 nitrogen and oxygen atoms in total. The fraction of sp³-hybridized carbons (Fsp3) is 0.618. The number of rotatable bonds is 18. The van der Waals surface area contributed by atoms with E-state index in [1.165, 1.54) is 18.6 Å². The number of amides is 1. The fourth-order valence-corrected chi connectivity index (χ4v) is 11.2. The van der Waals surface area contributed by atoms with Crippen molar-refractivity contribution in [1.29, 1.82) is 0 Å². The number of nitrogens with one attached hydrogen (secondary N) is 1. The topological polar surface area (TPSA) is 223 Å². The van der Waals surface area contributed by atoms with Gasteiger partial charge in [0.1, 0.15) is 11.5 Å². The van der Waals surface area contributed by atoms with Crippen molar-refractivity contribution in [1.82, 2.24) is 15.3 Å². The number of ketones is 2. The zero-order chi connectivity index (χ0) is 37.6. The number of fused-ring (bicyclic) bond motifs is 1. The molecule has 18 heteroatoms. The Hall–Kier alpha value is -2.65. The Morgan fingerprint density at radius 2 is 1.56 bits per heavy atom. The summed E-state index contributed by atoms with van der Waals surface area (Å²) in [5.74, 6) is -1.52. The van der Waals surface area contributed by atoms with Gasteiger partial charge in [-0.15, -0.1) is 0 Å². The highest BCUT2D eigenvalue weighted by Gasteiger charge is 2.77. The number of benzene rings is 1. The molecule has 4 aliphatic rings. The molecular weight excluding hydrogens is 713 g/mol. The first-order chi connectivity index (χ1) is 24.4. The summed E-state index contributed by atoms with van der Waals surface area (Å²) in [5.41, 5.74) is 0.155. The van der Waals surface area contributed by atoms with Gasteiger partial charge in [0.15, 0.2) is 11.2 Å². The molecule has 2 saturated heterocycles. The number of nitrogens with zero attached hydrogens (tertiary/aromatic N) is 3. The predicted octanol–water partition coefficient (Wildman–Crippen LogP) is 3.50. The summed E-state index contributed by atoms with van der Waals surface area (Å²) in [6.07, 6.45) is 7.75. The molecule has 1 aromatic heterocycles. The molecule has 2 aromatic rings. The van der Waals surface area contributed by atoms with E-state index in [-0.39, 0.29) is 48.9 Å². The lowest BCUT2D eigenvalue weighted by atomic mass is 9.51. The van der Waals surface area contributed by atoms with E-state index < -0.39 is 62.6 Å². The molecule has 52 heavy (non-hydrogen) atoms. The maximum absolute atomic E-state index is 14.5. The predicted molar refractivity (Wildman–Crippen MR) is 190 cm³/mol. The summed E-state index contributed by atoms with van der Waals surface area (Å²) in [6.45, 7) is 3.73. The molecule has 6 rings (SSSR count). The van der Waals surface area contributed by atoms with Gasteiger partial charge in [-0.3, -0.25) is 28.5 Å². The van der Waals surface area contributed by atoms with Crippen LogP contribution in [0.1, 0.15) is 87.7 Å². The van der Waals surface area contributed by atoms with E-state index in [2.05, 4.69) is 29.1 Å². The Morgan fingerprint density at radius 1 is 0.942 bits per heavy atom. The molecular formula is C34H49BN4O11P2. The third-order valence-electron chi connectivity index (χ3n) is 11.3. The summed E-state index contributed by atoms with van der Waals surface area (Å²) < 4.78 is 38.4. The number of quaternary nitrogens is 1. The van der Waals surface area contributed by atoms with Crippen LogP contribution >= 0.6 is 15.2 Å². The number of carbonyl (C=O) groups excluding carboxylic acids is 3. The molecule has 2 atom stereocenters. The molecule has 2 aliphatic carbocycles. The van der Waals surface area contributed by atoms with Crippen LogP contribution < -0.4 is 5.32 Å². The Balaban J connectivity index is 1.27. The van der Waals surface area contributed by atoms with Crippen LogP contribution in [0.15, 0.2) is 48.9 Å². The number of aromatic nitrogens is 2. The monoisotopic (exact) mass is 762 g/mol. The van der Waals surface area contributed by atoms with Gasteiger partial charge in [0, 0.05) is 31.8 Å². The second-order valence-electron chi connectivity index (χ2n) is 16.0. The van der Waals surface area contributed by atoms with Crippen LogP contribution in [0.2, 0.25) is 5.82 Å². The number of hydrogen-bond donors (Lipinski definition) is 5. The molecule has 2 spiro atoms. The molecule has 0 radical (unpaired) electrons. The first-order valence-electron chi connectivity index (χ1n) is 18.1. The lowest BCUT2D eigenvalue weighted by molar-refractivity contribution is -0.827. The first kappa shape index (κ1) is 39.1. The van der Waals surface area contributed by atoms with Crippen LogP contribution in [0.5, 0.6) is 0 Å². The molecule has 0 bridgehead atoms. The molecule has 3 heterocycles. The van der Waals surface area contributed by atoms with Crippen molar-refractivity contribution in [3.8, 4) is 0 Å². The van der Waals surface area contributed by atoms with Gasteiger partial charge in [-0.1, -0.05) is 50.6 Å². The van der Waals surface area contributed by atoms with Crippen molar-refractivity contribution < 1.29 is 56.8 Å². The second-order valence-corrected chi connectivity index (χ2v) is 20.0. The Kier molecular flexibility index (Phi) is 10.9. The number of Topliss-reactive ketones (excluding diaryl/α,β-unsaturated/α-hetero) is 2. The quantitative estimate of drug-likeness (QED) is 0.109. The van der Waals surface area contributed by atoms with Crippen molar-refractivity contribution in [3.05, 3.63) is 60.2 Å². The van der Waals surface area contributed by atoms with E-state index in [1.54, 1.807) is 0 Å². The van der Waals surface area contributed by atoms with Crippen molar-refractivity contribution in [3.63, 3.8) is 0 Å². The summed E-state index contributed by atoms with van der Waals surface area (Å²) >= 11 is 0. The lowest BCUT2D eigenvalue weighted by Gasteiger charge is -2.51. The van der Waals surface area contributed by atoms with Crippen LogP contribution in [0.4, 0.5) is 0 Å². The average molecular weight is 763 g/mol. The fourth-order valence-electron chi connectivity index (χ4n) is 8.79. The van der Waals surface area contributed by atoms with Gasteiger partial charge < -0.3 is 38.6 Å². The van der Waals surface area contributed by atoms with E-state index >= 15 is 0 Å². The van der Waals surface area contributed by atoms with Crippen molar-refractivity contribution >= 4 is 39.4 Å². The highest BCUT2D eigenvalue weighted by atomic mass is 31.2. The number of hydrogen-bond acceptors (Lipinski definition) is 9.